The molecule has 31 heavy (non-hydrogen) atoms. The monoisotopic (exact) mass is 438 g/mol. The molecule has 162 valence electrons. The summed E-state index contributed by atoms with van der Waals surface area (Å²) in [7, 11) is 1.57. The van der Waals surface area contributed by atoms with Gasteiger partial charge in [-0.05, 0) is 57.3 Å². The number of fused-ring (bicyclic) bond motifs is 1. The first-order valence-corrected chi connectivity index (χ1v) is 10.9. The maximum absolute atomic E-state index is 13.7. The van der Waals surface area contributed by atoms with Crippen LogP contribution in [0.3, 0.4) is 0 Å². The second-order valence-corrected chi connectivity index (χ2v) is 9.82. The summed E-state index contributed by atoms with van der Waals surface area (Å²) in [5.74, 6) is 0.0959. The molecule has 4 rings (SSSR count). The number of amides is 2. The largest absolute Gasteiger partial charge is 0.497 e. The van der Waals surface area contributed by atoms with Crippen LogP contribution in [-0.2, 0) is 11.3 Å². The highest BCUT2D eigenvalue weighted by molar-refractivity contribution is 7.13. The van der Waals surface area contributed by atoms with Crippen LogP contribution in [0.15, 0.2) is 47.8 Å². The van der Waals surface area contributed by atoms with E-state index >= 15 is 0 Å². The van der Waals surface area contributed by atoms with Crippen molar-refractivity contribution in [3.05, 3.63) is 53.5 Å². The van der Waals surface area contributed by atoms with Crippen LogP contribution >= 0.6 is 11.3 Å². The van der Waals surface area contributed by atoms with E-state index in [4.69, 9.17) is 4.74 Å². The van der Waals surface area contributed by atoms with Gasteiger partial charge < -0.3 is 10.1 Å². The molecule has 0 fully saturated rings. The predicted octanol–water partition coefficient (Wildman–Crippen LogP) is 3.95. The van der Waals surface area contributed by atoms with Crippen molar-refractivity contribution < 1.29 is 14.3 Å². The number of benzene rings is 1. The molecule has 1 N–H and O–H groups in total. The van der Waals surface area contributed by atoms with Crippen molar-refractivity contribution in [3.8, 4) is 16.3 Å². The lowest BCUT2D eigenvalue weighted by Crippen LogP contribution is -2.66. The van der Waals surface area contributed by atoms with E-state index < -0.39 is 11.1 Å². The standard InChI is InChI=1S/C23H26N4O3S/c1-22(2,3)24-21(29)23(4)14-26-18(13-17(25-26)19-10-7-11-31-19)20(28)27(23)15-8-6-9-16(12-15)30-5/h6-13H,14H2,1-5H3,(H,24,29). The fraction of sp³-hybridized carbons (Fsp3) is 0.348. The summed E-state index contributed by atoms with van der Waals surface area (Å²) in [6.45, 7) is 7.77. The predicted molar refractivity (Wildman–Crippen MR) is 122 cm³/mol. The number of hydrogen-bond donors (Lipinski definition) is 1. The molecule has 3 heterocycles. The van der Waals surface area contributed by atoms with E-state index in [1.165, 1.54) is 0 Å². The van der Waals surface area contributed by atoms with E-state index in [2.05, 4.69) is 10.4 Å². The topological polar surface area (TPSA) is 76.5 Å². The first-order valence-electron chi connectivity index (χ1n) is 10.1. The smallest absolute Gasteiger partial charge is 0.277 e. The zero-order valence-corrected chi connectivity index (χ0v) is 19.1. The van der Waals surface area contributed by atoms with Crippen molar-refractivity contribution in [2.45, 2.75) is 45.3 Å². The van der Waals surface area contributed by atoms with Crippen LogP contribution in [0.1, 0.15) is 38.2 Å². The molecule has 1 aliphatic rings. The van der Waals surface area contributed by atoms with Crippen LogP contribution in [0.4, 0.5) is 5.69 Å². The lowest BCUT2D eigenvalue weighted by Gasteiger charge is -2.44. The zero-order valence-electron chi connectivity index (χ0n) is 18.3. The number of hydrogen-bond acceptors (Lipinski definition) is 5. The average molecular weight is 439 g/mol. The van der Waals surface area contributed by atoms with E-state index in [1.54, 1.807) is 47.1 Å². The average Bonchev–Trinajstić information content (AvgIpc) is 3.36. The van der Waals surface area contributed by atoms with E-state index in [0.717, 1.165) is 10.6 Å². The summed E-state index contributed by atoms with van der Waals surface area (Å²) in [5.41, 5.74) is 0.149. The van der Waals surface area contributed by atoms with E-state index in [1.807, 2.05) is 56.5 Å². The molecule has 0 saturated heterocycles. The highest BCUT2D eigenvalue weighted by Gasteiger charge is 2.49. The fourth-order valence-corrected chi connectivity index (χ4v) is 4.44. The fourth-order valence-electron chi connectivity index (χ4n) is 3.76. The Morgan fingerprint density at radius 3 is 2.65 bits per heavy atom. The Morgan fingerprint density at radius 2 is 2.00 bits per heavy atom. The molecule has 1 unspecified atom stereocenters. The summed E-state index contributed by atoms with van der Waals surface area (Å²) in [6.07, 6.45) is 0. The number of ether oxygens (including phenoxy) is 1. The Labute approximate surface area is 185 Å². The minimum Gasteiger partial charge on any atom is -0.497 e. The van der Waals surface area contributed by atoms with Gasteiger partial charge in [0, 0.05) is 17.3 Å². The molecular formula is C23H26N4O3S. The Balaban J connectivity index is 1.85. The van der Waals surface area contributed by atoms with Gasteiger partial charge >= 0.3 is 0 Å². The van der Waals surface area contributed by atoms with Gasteiger partial charge in [0.1, 0.15) is 22.7 Å². The van der Waals surface area contributed by atoms with Crippen LogP contribution in [-0.4, -0.2) is 39.8 Å². The molecule has 0 aliphatic carbocycles. The molecule has 0 saturated carbocycles. The Bertz CT molecular complexity index is 1130. The van der Waals surface area contributed by atoms with Gasteiger partial charge in [0.05, 0.1) is 18.5 Å². The van der Waals surface area contributed by atoms with Crippen LogP contribution in [0, 0.1) is 0 Å². The first-order chi connectivity index (χ1) is 14.6. The van der Waals surface area contributed by atoms with Gasteiger partial charge in [0.25, 0.3) is 5.91 Å². The van der Waals surface area contributed by atoms with Gasteiger partial charge in [0.2, 0.25) is 5.91 Å². The number of thiophene rings is 1. The van der Waals surface area contributed by atoms with Gasteiger partial charge in [0.15, 0.2) is 0 Å². The number of aromatic nitrogens is 2. The zero-order chi connectivity index (χ0) is 22.4. The van der Waals surface area contributed by atoms with Crippen molar-refractivity contribution in [2.75, 3.05) is 12.0 Å². The third kappa shape index (κ3) is 3.83. The van der Waals surface area contributed by atoms with Gasteiger partial charge in [-0.2, -0.15) is 5.10 Å². The number of carbonyl (C=O) groups is 2. The quantitative estimate of drug-likeness (QED) is 0.669. The lowest BCUT2D eigenvalue weighted by molar-refractivity contribution is -0.128. The van der Waals surface area contributed by atoms with Crippen molar-refractivity contribution in [2.24, 2.45) is 0 Å². The summed E-state index contributed by atoms with van der Waals surface area (Å²) in [6, 6.07) is 12.9. The highest BCUT2D eigenvalue weighted by atomic mass is 32.1. The third-order valence-corrected chi connectivity index (χ3v) is 6.11. The minimum atomic E-state index is -1.18. The summed E-state index contributed by atoms with van der Waals surface area (Å²) >= 11 is 1.56. The maximum Gasteiger partial charge on any atom is 0.277 e. The second kappa shape index (κ2) is 7.53. The number of carbonyl (C=O) groups excluding carboxylic acids is 2. The van der Waals surface area contributed by atoms with E-state index in [9.17, 15) is 9.59 Å². The molecule has 3 aromatic rings. The van der Waals surface area contributed by atoms with E-state index in [-0.39, 0.29) is 18.4 Å². The molecule has 0 bridgehead atoms. The molecule has 2 aromatic heterocycles. The summed E-state index contributed by atoms with van der Waals surface area (Å²) in [5, 5.41) is 9.67. The number of anilines is 1. The molecule has 8 heteroatoms. The number of methoxy groups -OCH3 is 1. The number of nitrogens with one attached hydrogen (secondary N) is 1. The Kier molecular flexibility index (Phi) is 5.13. The van der Waals surface area contributed by atoms with Crippen LogP contribution < -0.4 is 15.0 Å². The van der Waals surface area contributed by atoms with Crippen molar-refractivity contribution >= 4 is 28.8 Å². The highest BCUT2D eigenvalue weighted by Crippen LogP contribution is 2.36. The Hall–Kier alpha value is -3.13. The first kappa shape index (κ1) is 21.1. The molecule has 7 nitrogen and oxygen atoms in total. The third-order valence-electron chi connectivity index (χ3n) is 5.22. The summed E-state index contributed by atoms with van der Waals surface area (Å²) < 4.78 is 7.01. The van der Waals surface area contributed by atoms with Crippen LogP contribution in [0.2, 0.25) is 0 Å². The normalized spacial score (nSPS) is 18.6. The molecule has 0 spiro atoms. The van der Waals surface area contributed by atoms with Crippen molar-refractivity contribution in [1.82, 2.24) is 15.1 Å². The molecule has 1 aromatic carbocycles. The Morgan fingerprint density at radius 1 is 1.23 bits per heavy atom. The lowest BCUT2D eigenvalue weighted by atomic mass is 9.92. The summed E-state index contributed by atoms with van der Waals surface area (Å²) in [4.78, 5) is 29.8. The van der Waals surface area contributed by atoms with Crippen LogP contribution in [0.5, 0.6) is 5.75 Å². The number of nitrogens with zero attached hydrogens (tertiary/aromatic N) is 3. The van der Waals surface area contributed by atoms with Crippen molar-refractivity contribution in [3.63, 3.8) is 0 Å². The second-order valence-electron chi connectivity index (χ2n) is 8.87. The molecule has 1 atom stereocenters. The molecule has 0 radical (unpaired) electrons. The van der Waals surface area contributed by atoms with Crippen LogP contribution in [0.25, 0.3) is 10.6 Å². The minimum absolute atomic E-state index is 0.235. The molecule has 1 aliphatic heterocycles. The van der Waals surface area contributed by atoms with Gasteiger partial charge in [-0.3, -0.25) is 19.2 Å². The van der Waals surface area contributed by atoms with Crippen molar-refractivity contribution in [1.29, 1.82) is 0 Å². The maximum atomic E-state index is 13.7. The molecule has 2 amide bonds. The molecular weight excluding hydrogens is 412 g/mol. The van der Waals surface area contributed by atoms with E-state index in [0.29, 0.717) is 17.1 Å². The SMILES string of the molecule is COc1cccc(N2C(=O)c3cc(-c4cccs4)nn3CC2(C)C(=O)NC(C)(C)C)c1. The van der Waals surface area contributed by atoms with Gasteiger partial charge in [-0.1, -0.05) is 12.1 Å². The van der Waals surface area contributed by atoms with Gasteiger partial charge in [-0.15, -0.1) is 11.3 Å². The van der Waals surface area contributed by atoms with Gasteiger partial charge in [-0.25, -0.2) is 0 Å². The number of rotatable bonds is 4.